The molecule has 124 valence electrons. The van der Waals surface area contributed by atoms with Gasteiger partial charge in [-0.3, -0.25) is 4.79 Å². The van der Waals surface area contributed by atoms with E-state index in [4.69, 9.17) is 0 Å². The molecule has 23 heavy (non-hydrogen) atoms. The van der Waals surface area contributed by atoms with Crippen LogP contribution in [-0.2, 0) is 21.2 Å². The van der Waals surface area contributed by atoms with Crippen LogP contribution in [0.25, 0.3) is 0 Å². The standard InChI is InChI=1S/C17H22N2O3S/c1-12-10-15(12)17(20)19-9-6-13-4-5-14(11-16(13)19)23(21,22)18-7-2-3-8-18/h4-5,11-12,15H,2-3,6-10H2,1H3/t12-,15+/m1/s1. The third kappa shape index (κ3) is 2.48. The monoisotopic (exact) mass is 334 g/mol. The molecule has 2 atom stereocenters. The van der Waals surface area contributed by atoms with E-state index in [-0.39, 0.29) is 11.8 Å². The summed E-state index contributed by atoms with van der Waals surface area (Å²) < 4.78 is 27.0. The number of fused-ring (bicyclic) bond motifs is 1. The Hall–Kier alpha value is -1.40. The zero-order valence-electron chi connectivity index (χ0n) is 13.4. The van der Waals surface area contributed by atoms with Crippen LogP contribution in [0.15, 0.2) is 23.1 Å². The lowest BCUT2D eigenvalue weighted by Gasteiger charge is -2.20. The number of benzene rings is 1. The molecular formula is C17H22N2O3S. The Morgan fingerprint density at radius 3 is 2.52 bits per heavy atom. The van der Waals surface area contributed by atoms with E-state index in [2.05, 4.69) is 6.92 Å². The highest BCUT2D eigenvalue weighted by atomic mass is 32.2. The molecule has 1 amide bonds. The van der Waals surface area contributed by atoms with Gasteiger partial charge in [-0.15, -0.1) is 0 Å². The van der Waals surface area contributed by atoms with E-state index >= 15 is 0 Å². The molecule has 0 aromatic heterocycles. The highest BCUT2D eigenvalue weighted by molar-refractivity contribution is 7.89. The molecule has 1 saturated heterocycles. The van der Waals surface area contributed by atoms with Crippen LogP contribution in [0.4, 0.5) is 5.69 Å². The minimum absolute atomic E-state index is 0.125. The second-order valence-corrected chi connectivity index (χ2v) is 8.90. The lowest BCUT2D eigenvalue weighted by Crippen LogP contribution is -2.31. The van der Waals surface area contributed by atoms with Crippen LogP contribution in [0, 0.1) is 11.8 Å². The summed E-state index contributed by atoms with van der Waals surface area (Å²) in [5.74, 6) is 0.745. The van der Waals surface area contributed by atoms with Crippen molar-refractivity contribution in [2.75, 3.05) is 24.5 Å². The van der Waals surface area contributed by atoms with Gasteiger partial charge >= 0.3 is 0 Å². The lowest BCUT2D eigenvalue weighted by atomic mass is 10.2. The average Bonchev–Trinajstić information content (AvgIpc) is 3.00. The molecule has 0 radical (unpaired) electrons. The molecule has 1 aliphatic carbocycles. The van der Waals surface area contributed by atoms with Gasteiger partial charge in [0.2, 0.25) is 15.9 Å². The van der Waals surface area contributed by atoms with Crippen LogP contribution in [-0.4, -0.2) is 38.3 Å². The minimum Gasteiger partial charge on any atom is -0.312 e. The van der Waals surface area contributed by atoms with Gasteiger partial charge in [-0.1, -0.05) is 13.0 Å². The Balaban J connectivity index is 1.66. The first kappa shape index (κ1) is 15.1. The smallest absolute Gasteiger partial charge is 0.243 e. The zero-order chi connectivity index (χ0) is 16.2. The van der Waals surface area contributed by atoms with E-state index in [9.17, 15) is 13.2 Å². The van der Waals surface area contributed by atoms with Crippen molar-refractivity contribution in [2.24, 2.45) is 11.8 Å². The summed E-state index contributed by atoms with van der Waals surface area (Å²) in [7, 11) is -3.43. The number of anilines is 1. The molecule has 3 aliphatic rings. The number of sulfonamides is 1. The van der Waals surface area contributed by atoms with Gasteiger partial charge in [-0.05, 0) is 49.3 Å². The fourth-order valence-electron chi connectivity index (χ4n) is 3.69. The molecule has 1 aromatic rings. The summed E-state index contributed by atoms with van der Waals surface area (Å²) in [6, 6.07) is 5.28. The maximum Gasteiger partial charge on any atom is 0.243 e. The SMILES string of the molecule is C[C@@H]1C[C@@H]1C(=O)N1CCc2ccc(S(=O)(=O)N3CCCC3)cc21. The number of nitrogens with zero attached hydrogens (tertiary/aromatic N) is 2. The maximum atomic E-state index is 12.7. The molecule has 1 aromatic carbocycles. The summed E-state index contributed by atoms with van der Waals surface area (Å²) in [6.07, 6.45) is 3.62. The highest BCUT2D eigenvalue weighted by Gasteiger charge is 2.43. The molecule has 2 heterocycles. The Morgan fingerprint density at radius 2 is 1.87 bits per heavy atom. The van der Waals surface area contributed by atoms with Gasteiger partial charge in [0, 0.05) is 31.2 Å². The quantitative estimate of drug-likeness (QED) is 0.850. The van der Waals surface area contributed by atoms with E-state index in [1.54, 1.807) is 21.3 Å². The van der Waals surface area contributed by atoms with Crippen molar-refractivity contribution >= 4 is 21.6 Å². The second-order valence-electron chi connectivity index (χ2n) is 6.96. The number of rotatable bonds is 3. The molecule has 4 rings (SSSR count). The van der Waals surface area contributed by atoms with Gasteiger partial charge in [0.25, 0.3) is 0 Å². The molecule has 5 nitrogen and oxygen atoms in total. The summed E-state index contributed by atoms with van der Waals surface area (Å²) in [4.78, 5) is 14.7. The van der Waals surface area contributed by atoms with E-state index in [0.717, 1.165) is 36.9 Å². The Kier molecular flexibility index (Phi) is 3.50. The summed E-state index contributed by atoms with van der Waals surface area (Å²) in [5.41, 5.74) is 1.88. The molecular weight excluding hydrogens is 312 g/mol. The predicted molar refractivity (Wildman–Crippen MR) is 87.8 cm³/mol. The molecule has 0 unspecified atom stereocenters. The van der Waals surface area contributed by atoms with E-state index < -0.39 is 10.0 Å². The first-order chi connectivity index (χ1) is 11.0. The van der Waals surface area contributed by atoms with Gasteiger partial charge in [-0.2, -0.15) is 4.31 Å². The predicted octanol–water partition coefficient (Wildman–Crippen LogP) is 2.02. The van der Waals surface area contributed by atoms with Gasteiger partial charge in [0.1, 0.15) is 0 Å². The molecule has 1 saturated carbocycles. The van der Waals surface area contributed by atoms with Gasteiger partial charge in [0.15, 0.2) is 0 Å². The minimum atomic E-state index is -3.43. The lowest BCUT2D eigenvalue weighted by molar-refractivity contribution is -0.119. The van der Waals surface area contributed by atoms with E-state index in [1.165, 1.54) is 0 Å². The molecule has 2 fully saturated rings. The fraction of sp³-hybridized carbons (Fsp3) is 0.588. The number of hydrogen-bond acceptors (Lipinski definition) is 3. The Labute approximate surface area is 137 Å². The molecule has 6 heteroatoms. The van der Waals surface area contributed by atoms with Crippen LogP contribution in [0.5, 0.6) is 0 Å². The van der Waals surface area contributed by atoms with Crippen LogP contribution in [0.2, 0.25) is 0 Å². The van der Waals surface area contributed by atoms with Gasteiger partial charge < -0.3 is 4.90 Å². The summed E-state index contributed by atoms with van der Waals surface area (Å²) in [6.45, 7) is 3.96. The number of carbonyl (C=O) groups excluding carboxylic acids is 1. The normalized spacial score (nSPS) is 27.3. The highest BCUT2D eigenvalue weighted by Crippen LogP contribution is 2.42. The fourth-order valence-corrected chi connectivity index (χ4v) is 5.23. The molecule has 2 aliphatic heterocycles. The number of carbonyl (C=O) groups is 1. The number of hydrogen-bond donors (Lipinski definition) is 0. The zero-order valence-corrected chi connectivity index (χ0v) is 14.2. The van der Waals surface area contributed by atoms with Crippen LogP contribution in [0.1, 0.15) is 31.7 Å². The number of amides is 1. The van der Waals surface area contributed by atoms with Crippen molar-refractivity contribution in [3.63, 3.8) is 0 Å². The Morgan fingerprint density at radius 1 is 1.17 bits per heavy atom. The van der Waals surface area contributed by atoms with Crippen molar-refractivity contribution in [2.45, 2.75) is 37.5 Å². The third-order valence-corrected chi connectivity index (χ3v) is 7.24. The first-order valence-corrected chi connectivity index (χ1v) is 9.87. The second kappa shape index (κ2) is 5.31. The van der Waals surface area contributed by atoms with Crippen molar-refractivity contribution in [1.29, 1.82) is 0 Å². The van der Waals surface area contributed by atoms with Crippen molar-refractivity contribution in [3.8, 4) is 0 Å². The first-order valence-electron chi connectivity index (χ1n) is 8.43. The third-order valence-electron chi connectivity index (χ3n) is 5.35. The van der Waals surface area contributed by atoms with E-state index in [0.29, 0.717) is 30.4 Å². The summed E-state index contributed by atoms with van der Waals surface area (Å²) >= 11 is 0. The Bertz CT molecular complexity index is 753. The van der Waals surface area contributed by atoms with Crippen molar-refractivity contribution in [1.82, 2.24) is 4.31 Å². The van der Waals surface area contributed by atoms with Crippen molar-refractivity contribution < 1.29 is 13.2 Å². The molecule has 0 bridgehead atoms. The van der Waals surface area contributed by atoms with Crippen LogP contribution >= 0.6 is 0 Å². The molecule has 0 spiro atoms. The van der Waals surface area contributed by atoms with Crippen molar-refractivity contribution in [3.05, 3.63) is 23.8 Å². The maximum absolute atomic E-state index is 12.7. The molecule has 0 N–H and O–H groups in total. The van der Waals surface area contributed by atoms with Gasteiger partial charge in [0.05, 0.1) is 4.90 Å². The van der Waals surface area contributed by atoms with Crippen LogP contribution in [0.3, 0.4) is 0 Å². The summed E-state index contributed by atoms with van der Waals surface area (Å²) in [5, 5.41) is 0. The van der Waals surface area contributed by atoms with Crippen LogP contribution < -0.4 is 4.90 Å². The topological polar surface area (TPSA) is 57.7 Å². The van der Waals surface area contributed by atoms with Gasteiger partial charge in [-0.25, -0.2) is 8.42 Å². The largest absolute Gasteiger partial charge is 0.312 e. The van der Waals surface area contributed by atoms with E-state index in [1.807, 2.05) is 6.07 Å². The average molecular weight is 334 g/mol.